The maximum atomic E-state index is 2.90. The minimum Gasteiger partial charge on any atom is -0.0689 e. The Labute approximate surface area is 177 Å². The van der Waals surface area contributed by atoms with E-state index < -0.39 is 8.07 Å². The fraction of sp³-hybridized carbons (Fsp3) is 1.00. The van der Waals surface area contributed by atoms with Gasteiger partial charge in [0, 0.05) is 0 Å². The first kappa shape index (κ1) is 20.1. The average molecular weight is 401 g/mol. The van der Waals surface area contributed by atoms with Gasteiger partial charge in [-0.1, -0.05) is 91.1 Å². The molecule has 28 heavy (non-hydrogen) atoms. The Morgan fingerprint density at radius 3 is 2.11 bits per heavy atom. The first-order valence-corrected chi connectivity index (χ1v) is 16.7. The highest BCUT2D eigenvalue weighted by Gasteiger charge is 2.58. The highest BCUT2D eigenvalue weighted by Crippen LogP contribution is 2.66. The van der Waals surface area contributed by atoms with Crippen molar-refractivity contribution in [2.45, 2.75) is 121 Å². The second-order valence-electron chi connectivity index (χ2n) is 12.9. The molecule has 0 aromatic carbocycles. The van der Waals surface area contributed by atoms with Gasteiger partial charge in [0.2, 0.25) is 0 Å². The molecule has 5 rings (SSSR count). The molecule has 0 heterocycles. The van der Waals surface area contributed by atoms with Crippen molar-refractivity contribution >= 4 is 8.07 Å². The minimum absolute atomic E-state index is 0.978. The third-order valence-corrected chi connectivity index (χ3v) is 16.9. The topological polar surface area (TPSA) is 0 Å². The number of hydrogen-bond acceptors (Lipinski definition) is 0. The lowest BCUT2D eigenvalue weighted by Crippen LogP contribution is -2.44. The standard InChI is InChI=1S/C27H48Si/c1-5-18(2)23-17-27(25-16-21-11-8-10-20(21)15-24(23)25)28(3,4)26-14-13-19-9-6-7-12-22(19)26/h18-27H,5-17H2,1-4H3. The monoisotopic (exact) mass is 400 g/mol. The predicted octanol–water partition coefficient (Wildman–Crippen LogP) is 8.54. The molecule has 10 atom stereocenters. The van der Waals surface area contributed by atoms with Gasteiger partial charge in [-0.05, 0) is 77.7 Å². The molecule has 0 bridgehead atoms. The summed E-state index contributed by atoms with van der Waals surface area (Å²) in [7, 11) is -1.20. The Bertz CT molecular complexity index is 552. The maximum absolute atomic E-state index is 2.90. The van der Waals surface area contributed by atoms with Crippen molar-refractivity contribution in [3.63, 3.8) is 0 Å². The molecule has 0 spiro atoms. The van der Waals surface area contributed by atoms with Crippen molar-refractivity contribution in [1.29, 1.82) is 0 Å². The second kappa shape index (κ2) is 7.72. The maximum Gasteiger partial charge on any atom is 0.0541 e. The van der Waals surface area contributed by atoms with Crippen LogP contribution in [-0.2, 0) is 0 Å². The normalized spacial score (nSPS) is 49.5. The van der Waals surface area contributed by atoms with Gasteiger partial charge in [-0.3, -0.25) is 0 Å². The highest BCUT2D eigenvalue weighted by molar-refractivity contribution is 6.80. The van der Waals surface area contributed by atoms with Crippen LogP contribution in [0.25, 0.3) is 0 Å². The summed E-state index contributed by atoms with van der Waals surface area (Å²) in [5.41, 5.74) is 2.35. The lowest BCUT2D eigenvalue weighted by Gasteiger charge is -2.46. The zero-order valence-electron chi connectivity index (χ0n) is 19.5. The van der Waals surface area contributed by atoms with E-state index in [-0.39, 0.29) is 0 Å². The Morgan fingerprint density at radius 1 is 0.679 bits per heavy atom. The Hall–Kier alpha value is 0.217. The summed E-state index contributed by atoms with van der Waals surface area (Å²) in [5, 5.41) is 0. The summed E-state index contributed by atoms with van der Waals surface area (Å²) in [6.07, 6.45) is 20.6. The van der Waals surface area contributed by atoms with Gasteiger partial charge >= 0.3 is 0 Å². The molecule has 5 aliphatic rings. The van der Waals surface area contributed by atoms with Crippen molar-refractivity contribution in [2.75, 3.05) is 0 Å². The van der Waals surface area contributed by atoms with Crippen molar-refractivity contribution in [3.8, 4) is 0 Å². The first-order chi connectivity index (χ1) is 13.5. The molecule has 0 N–H and O–H groups in total. The smallest absolute Gasteiger partial charge is 0.0541 e. The van der Waals surface area contributed by atoms with E-state index >= 15 is 0 Å². The van der Waals surface area contributed by atoms with Crippen molar-refractivity contribution < 1.29 is 0 Å². The van der Waals surface area contributed by atoms with Gasteiger partial charge in [0.25, 0.3) is 0 Å². The second-order valence-corrected chi connectivity index (χ2v) is 18.0. The van der Waals surface area contributed by atoms with E-state index in [1.54, 1.807) is 77.0 Å². The summed E-state index contributed by atoms with van der Waals surface area (Å²) in [4.78, 5) is 0. The highest BCUT2D eigenvalue weighted by atomic mass is 28.3. The van der Waals surface area contributed by atoms with Crippen LogP contribution in [0.4, 0.5) is 0 Å². The number of fused-ring (bicyclic) bond motifs is 3. The third-order valence-electron chi connectivity index (χ3n) is 11.7. The Morgan fingerprint density at radius 2 is 1.36 bits per heavy atom. The molecule has 0 nitrogen and oxygen atoms in total. The Balaban J connectivity index is 1.41. The quantitative estimate of drug-likeness (QED) is 0.415. The molecular weight excluding hydrogens is 352 g/mol. The fourth-order valence-electron chi connectivity index (χ4n) is 10.1. The lowest BCUT2D eigenvalue weighted by molar-refractivity contribution is 0.109. The van der Waals surface area contributed by atoms with Crippen molar-refractivity contribution in [1.82, 2.24) is 0 Å². The molecule has 0 saturated heterocycles. The summed E-state index contributed by atoms with van der Waals surface area (Å²) < 4.78 is 0. The molecule has 0 aliphatic heterocycles. The van der Waals surface area contributed by atoms with Crippen LogP contribution in [-0.4, -0.2) is 8.07 Å². The average Bonchev–Trinajstić information content (AvgIpc) is 3.41. The van der Waals surface area contributed by atoms with Gasteiger partial charge in [0.15, 0.2) is 0 Å². The number of hydrogen-bond donors (Lipinski definition) is 0. The molecule has 160 valence electrons. The van der Waals surface area contributed by atoms with Crippen LogP contribution >= 0.6 is 0 Å². The van der Waals surface area contributed by atoms with Gasteiger partial charge in [0.05, 0.1) is 8.07 Å². The molecular formula is C27H48Si. The summed E-state index contributed by atoms with van der Waals surface area (Å²) >= 11 is 0. The molecule has 5 aliphatic carbocycles. The molecule has 0 aromatic heterocycles. The third kappa shape index (κ3) is 3.20. The van der Waals surface area contributed by atoms with Crippen LogP contribution in [0, 0.1) is 47.3 Å². The van der Waals surface area contributed by atoms with E-state index in [1.165, 1.54) is 17.5 Å². The number of rotatable bonds is 4. The zero-order chi connectivity index (χ0) is 19.5. The van der Waals surface area contributed by atoms with Crippen molar-refractivity contribution in [3.05, 3.63) is 0 Å². The van der Waals surface area contributed by atoms with Crippen molar-refractivity contribution in [2.24, 2.45) is 47.3 Å². The van der Waals surface area contributed by atoms with Gasteiger partial charge in [0.1, 0.15) is 0 Å². The van der Waals surface area contributed by atoms with Crippen LogP contribution in [0.2, 0.25) is 24.2 Å². The zero-order valence-corrected chi connectivity index (χ0v) is 20.5. The summed E-state index contributed by atoms with van der Waals surface area (Å²) in [6, 6.07) is 0. The molecule has 0 radical (unpaired) electrons. The summed E-state index contributed by atoms with van der Waals surface area (Å²) in [5.74, 6) is 8.87. The van der Waals surface area contributed by atoms with E-state index in [1.807, 2.05) is 0 Å². The van der Waals surface area contributed by atoms with Crippen LogP contribution in [0.3, 0.4) is 0 Å². The predicted molar refractivity (Wildman–Crippen MR) is 124 cm³/mol. The van der Waals surface area contributed by atoms with E-state index in [0.29, 0.717) is 0 Å². The SMILES string of the molecule is CCC(C)C1CC([Si](C)(C)C2CCC3CCCCC32)C2CC3CCCC3CC12. The van der Waals surface area contributed by atoms with Gasteiger partial charge in [-0.2, -0.15) is 0 Å². The van der Waals surface area contributed by atoms with Crippen LogP contribution in [0.1, 0.15) is 97.3 Å². The molecule has 1 heteroatoms. The molecule has 5 saturated carbocycles. The first-order valence-electron chi connectivity index (χ1n) is 13.5. The van der Waals surface area contributed by atoms with E-state index in [2.05, 4.69) is 26.9 Å². The van der Waals surface area contributed by atoms with Gasteiger partial charge in [-0.15, -0.1) is 0 Å². The fourth-order valence-corrected chi connectivity index (χ4v) is 15.5. The molecule has 0 amide bonds. The van der Waals surface area contributed by atoms with Crippen LogP contribution in [0.5, 0.6) is 0 Å². The van der Waals surface area contributed by atoms with Gasteiger partial charge in [-0.25, -0.2) is 0 Å². The van der Waals surface area contributed by atoms with Gasteiger partial charge < -0.3 is 0 Å². The van der Waals surface area contributed by atoms with E-state index in [4.69, 9.17) is 0 Å². The lowest BCUT2D eigenvalue weighted by atomic mass is 9.67. The van der Waals surface area contributed by atoms with Crippen LogP contribution < -0.4 is 0 Å². The van der Waals surface area contributed by atoms with Crippen LogP contribution in [0.15, 0.2) is 0 Å². The van der Waals surface area contributed by atoms with E-state index in [9.17, 15) is 0 Å². The molecule has 0 aromatic rings. The summed E-state index contributed by atoms with van der Waals surface area (Å²) in [6.45, 7) is 10.9. The van der Waals surface area contributed by atoms with E-state index in [0.717, 1.165) is 47.3 Å². The Kier molecular flexibility index (Phi) is 5.55. The molecule has 10 unspecified atom stereocenters. The largest absolute Gasteiger partial charge is 0.0689 e. The molecule has 5 fully saturated rings. The minimum atomic E-state index is -1.20.